The molecule has 1 aliphatic carbocycles. The van der Waals surface area contributed by atoms with E-state index in [1.165, 1.54) is 0 Å². The van der Waals surface area contributed by atoms with Gasteiger partial charge in [0, 0.05) is 25.0 Å². The fraction of sp³-hybridized carbons (Fsp3) is 0.400. The molecule has 0 bridgehead atoms. The standard InChI is InChI=1S/C10H12NO/c12-10-6-4-5-9(10)11-7-2-1-3-8-11/h1-3,7-9H,4-6H2/q+1/t9-/m1/s1. The Morgan fingerprint density at radius 2 is 2.00 bits per heavy atom. The van der Waals surface area contributed by atoms with E-state index in [1.807, 2.05) is 35.2 Å². The van der Waals surface area contributed by atoms with Crippen molar-refractivity contribution in [3.63, 3.8) is 0 Å². The van der Waals surface area contributed by atoms with Gasteiger partial charge in [0.2, 0.25) is 11.8 Å². The largest absolute Gasteiger partial charge is 0.292 e. The summed E-state index contributed by atoms with van der Waals surface area (Å²) >= 11 is 0. The monoisotopic (exact) mass is 162 g/mol. The summed E-state index contributed by atoms with van der Waals surface area (Å²) in [6.45, 7) is 0. The zero-order chi connectivity index (χ0) is 8.39. The first-order chi connectivity index (χ1) is 5.88. The molecule has 1 fully saturated rings. The number of carbonyl (C=O) groups is 1. The SMILES string of the molecule is O=C1CCC[C@H]1[n+]1ccccc1. The number of pyridine rings is 1. The molecule has 0 unspecified atom stereocenters. The fourth-order valence-corrected chi connectivity index (χ4v) is 1.73. The van der Waals surface area contributed by atoms with E-state index in [0.717, 1.165) is 19.3 Å². The number of rotatable bonds is 1. The molecule has 1 saturated carbocycles. The van der Waals surface area contributed by atoms with Crippen molar-refractivity contribution in [2.45, 2.75) is 25.3 Å². The molecule has 2 nitrogen and oxygen atoms in total. The molecule has 0 aliphatic heterocycles. The molecule has 1 aromatic heterocycles. The van der Waals surface area contributed by atoms with Crippen LogP contribution in [0.1, 0.15) is 25.3 Å². The van der Waals surface area contributed by atoms with Crippen molar-refractivity contribution in [2.75, 3.05) is 0 Å². The maximum absolute atomic E-state index is 11.4. The Morgan fingerprint density at radius 3 is 2.58 bits per heavy atom. The summed E-state index contributed by atoms with van der Waals surface area (Å²) < 4.78 is 2.01. The van der Waals surface area contributed by atoms with Gasteiger partial charge in [-0.3, -0.25) is 4.79 Å². The highest BCUT2D eigenvalue weighted by molar-refractivity contribution is 5.82. The van der Waals surface area contributed by atoms with Crippen molar-refractivity contribution in [3.8, 4) is 0 Å². The zero-order valence-electron chi connectivity index (χ0n) is 6.94. The summed E-state index contributed by atoms with van der Waals surface area (Å²) in [5, 5.41) is 0. The molecule has 0 radical (unpaired) electrons. The number of aromatic nitrogens is 1. The van der Waals surface area contributed by atoms with E-state index in [-0.39, 0.29) is 6.04 Å². The average molecular weight is 162 g/mol. The molecular weight excluding hydrogens is 150 g/mol. The van der Waals surface area contributed by atoms with E-state index in [1.54, 1.807) is 0 Å². The molecule has 2 heteroatoms. The van der Waals surface area contributed by atoms with Crippen molar-refractivity contribution in [3.05, 3.63) is 30.6 Å². The number of ketones is 1. The van der Waals surface area contributed by atoms with Gasteiger partial charge in [0.1, 0.15) is 0 Å². The van der Waals surface area contributed by atoms with Gasteiger partial charge in [-0.05, 0) is 6.42 Å². The second-order valence-corrected chi connectivity index (χ2v) is 3.20. The first-order valence-electron chi connectivity index (χ1n) is 4.36. The Labute approximate surface area is 71.8 Å². The van der Waals surface area contributed by atoms with Crippen molar-refractivity contribution >= 4 is 5.78 Å². The maximum Gasteiger partial charge on any atom is 0.216 e. The first kappa shape index (κ1) is 7.47. The van der Waals surface area contributed by atoms with Crippen LogP contribution >= 0.6 is 0 Å². The molecule has 1 heterocycles. The van der Waals surface area contributed by atoms with Crippen LogP contribution in [0.25, 0.3) is 0 Å². The molecule has 0 amide bonds. The molecule has 1 aromatic rings. The van der Waals surface area contributed by atoms with Crippen LogP contribution in [0.3, 0.4) is 0 Å². The van der Waals surface area contributed by atoms with Crippen molar-refractivity contribution in [1.82, 2.24) is 0 Å². The third-order valence-electron chi connectivity index (χ3n) is 2.37. The van der Waals surface area contributed by atoms with Crippen molar-refractivity contribution in [2.24, 2.45) is 0 Å². The summed E-state index contributed by atoms with van der Waals surface area (Å²) in [6, 6.07) is 6.01. The Bertz CT molecular complexity index is 281. The van der Waals surface area contributed by atoms with Crippen molar-refractivity contribution < 1.29 is 9.36 Å². The molecule has 12 heavy (non-hydrogen) atoms. The van der Waals surface area contributed by atoms with E-state index >= 15 is 0 Å². The quantitative estimate of drug-likeness (QED) is 0.570. The predicted octanol–water partition coefficient (Wildman–Crippen LogP) is 1.27. The second kappa shape index (κ2) is 3.05. The normalized spacial score (nSPS) is 23.0. The smallest absolute Gasteiger partial charge is 0.216 e. The van der Waals surface area contributed by atoms with Gasteiger partial charge in [-0.2, -0.15) is 4.57 Å². The predicted molar refractivity (Wildman–Crippen MR) is 44.5 cm³/mol. The first-order valence-corrected chi connectivity index (χ1v) is 4.36. The molecule has 0 spiro atoms. The zero-order valence-corrected chi connectivity index (χ0v) is 6.94. The number of hydrogen-bond donors (Lipinski definition) is 0. The van der Waals surface area contributed by atoms with Gasteiger partial charge in [0.05, 0.1) is 0 Å². The van der Waals surface area contributed by atoms with Gasteiger partial charge in [-0.1, -0.05) is 6.07 Å². The van der Waals surface area contributed by atoms with Crippen LogP contribution < -0.4 is 4.57 Å². The van der Waals surface area contributed by atoms with Gasteiger partial charge >= 0.3 is 0 Å². The Kier molecular flexibility index (Phi) is 1.90. The van der Waals surface area contributed by atoms with E-state index in [4.69, 9.17) is 0 Å². The minimum Gasteiger partial charge on any atom is -0.292 e. The Hall–Kier alpha value is -1.18. The summed E-state index contributed by atoms with van der Waals surface area (Å²) in [6.07, 6.45) is 6.74. The molecule has 1 aliphatic rings. The van der Waals surface area contributed by atoms with Gasteiger partial charge < -0.3 is 0 Å². The van der Waals surface area contributed by atoms with Crippen LogP contribution in [-0.2, 0) is 4.79 Å². The van der Waals surface area contributed by atoms with Crippen LogP contribution in [0, 0.1) is 0 Å². The fourth-order valence-electron chi connectivity index (χ4n) is 1.73. The highest BCUT2D eigenvalue weighted by atomic mass is 16.1. The van der Waals surface area contributed by atoms with Crippen LogP contribution in [0.2, 0.25) is 0 Å². The molecule has 0 N–H and O–H groups in total. The maximum atomic E-state index is 11.4. The van der Waals surface area contributed by atoms with Gasteiger partial charge in [-0.15, -0.1) is 0 Å². The summed E-state index contributed by atoms with van der Waals surface area (Å²) in [4.78, 5) is 11.4. The third-order valence-corrected chi connectivity index (χ3v) is 2.37. The number of carbonyl (C=O) groups excluding carboxylic acids is 1. The minimum atomic E-state index is 0.117. The highest BCUT2D eigenvalue weighted by Gasteiger charge is 2.31. The number of Topliss-reactive ketones (excluding diaryl/α,β-unsaturated/α-hetero) is 1. The van der Waals surface area contributed by atoms with Crippen LogP contribution in [-0.4, -0.2) is 5.78 Å². The molecule has 62 valence electrons. The van der Waals surface area contributed by atoms with E-state index < -0.39 is 0 Å². The lowest BCUT2D eigenvalue weighted by Gasteiger charge is -2.00. The van der Waals surface area contributed by atoms with Gasteiger partial charge in [0.15, 0.2) is 12.4 Å². The van der Waals surface area contributed by atoms with E-state index in [2.05, 4.69) is 0 Å². The second-order valence-electron chi connectivity index (χ2n) is 3.20. The lowest BCUT2D eigenvalue weighted by molar-refractivity contribution is -0.708. The highest BCUT2D eigenvalue weighted by Crippen LogP contribution is 2.20. The van der Waals surface area contributed by atoms with Gasteiger partial charge in [0.25, 0.3) is 0 Å². The van der Waals surface area contributed by atoms with Crippen LogP contribution in [0.4, 0.5) is 0 Å². The number of nitrogens with zero attached hydrogens (tertiary/aromatic N) is 1. The van der Waals surface area contributed by atoms with Crippen molar-refractivity contribution in [1.29, 1.82) is 0 Å². The number of hydrogen-bond acceptors (Lipinski definition) is 1. The Balaban J connectivity index is 2.25. The topological polar surface area (TPSA) is 20.9 Å². The molecule has 1 atom stereocenters. The van der Waals surface area contributed by atoms with Crippen LogP contribution in [0.15, 0.2) is 30.6 Å². The molecular formula is C10H12NO+. The molecule has 2 rings (SSSR count). The third kappa shape index (κ3) is 1.24. The summed E-state index contributed by atoms with van der Waals surface area (Å²) in [5.74, 6) is 0.381. The van der Waals surface area contributed by atoms with Crippen LogP contribution in [0.5, 0.6) is 0 Å². The summed E-state index contributed by atoms with van der Waals surface area (Å²) in [7, 11) is 0. The Morgan fingerprint density at radius 1 is 1.25 bits per heavy atom. The lowest BCUT2D eigenvalue weighted by atomic mass is 10.2. The lowest BCUT2D eigenvalue weighted by Crippen LogP contribution is -2.40. The van der Waals surface area contributed by atoms with Gasteiger partial charge in [-0.25, -0.2) is 0 Å². The van der Waals surface area contributed by atoms with E-state index in [9.17, 15) is 4.79 Å². The molecule has 0 aromatic carbocycles. The van der Waals surface area contributed by atoms with E-state index in [0.29, 0.717) is 5.78 Å². The average Bonchev–Trinajstić information content (AvgIpc) is 2.53. The minimum absolute atomic E-state index is 0.117. The summed E-state index contributed by atoms with van der Waals surface area (Å²) in [5.41, 5.74) is 0. The molecule has 0 saturated heterocycles.